The van der Waals surface area contributed by atoms with E-state index in [-0.39, 0.29) is 10.6 Å². The van der Waals surface area contributed by atoms with Crippen molar-refractivity contribution in [1.82, 2.24) is 0 Å². The summed E-state index contributed by atoms with van der Waals surface area (Å²) >= 11 is 0. The van der Waals surface area contributed by atoms with E-state index in [0.29, 0.717) is 23.8 Å². The number of rotatable bonds is 4. The van der Waals surface area contributed by atoms with Gasteiger partial charge in [-0.2, -0.15) is 0 Å². The van der Waals surface area contributed by atoms with Crippen LogP contribution in [0.1, 0.15) is 19.3 Å². The topological polar surface area (TPSA) is 64.4 Å². The van der Waals surface area contributed by atoms with Crippen LogP contribution in [-0.2, 0) is 4.74 Å². The number of nitrogens with one attached hydrogen (secondary N) is 1. The molecule has 0 aliphatic carbocycles. The van der Waals surface area contributed by atoms with Crippen molar-refractivity contribution in [2.24, 2.45) is 5.92 Å². The van der Waals surface area contributed by atoms with Crippen LogP contribution < -0.4 is 5.32 Å². The third-order valence-corrected chi connectivity index (χ3v) is 3.89. The van der Waals surface area contributed by atoms with Gasteiger partial charge < -0.3 is 10.1 Å². The zero-order valence-electron chi connectivity index (χ0n) is 10.0. The van der Waals surface area contributed by atoms with E-state index in [0.717, 1.165) is 19.4 Å². The second kappa shape index (κ2) is 4.57. The lowest BCUT2D eigenvalue weighted by molar-refractivity contribution is -0.384. The lowest BCUT2D eigenvalue weighted by Gasteiger charge is -2.19. The molecule has 1 N–H and O–H groups in total. The quantitative estimate of drug-likeness (QED) is 0.657. The number of nitrogens with zero attached hydrogens (tertiary/aromatic N) is 1. The molecule has 2 aliphatic rings. The normalized spacial score (nSPS) is 29.4. The zero-order chi connectivity index (χ0) is 12.5. The third kappa shape index (κ3) is 2.06. The van der Waals surface area contributed by atoms with Crippen LogP contribution in [-0.4, -0.2) is 23.7 Å². The van der Waals surface area contributed by atoms with E-state index in [2.05, 4.69) is 5.32 Å². The molecule has 0 aromatic heterocycles. The average molecular weight is 248 g/mol. The summed E-state index contributed by atoms with van der Waals surface area (Å²) < 4.78 is 5.78. The summed E-state index contributed by atoms with van der Waals surface area (Å²) in [7, 11) is 0. The summed E-state index contributed by atoms with van der Waals surface area (Å²) in [5, 5.41) is 14.1. The Morgan fingerprint density at radius 3 is 2.89 bits per heavy atom. The minimum absolute atomic E-state index is 0.140. The van der Waals surface area contributed by atoms with Crippen LogP contribution in [0.4, 0.5) is 11.4 Å². The molecule has 18 heavy (non-hydrogen) atoms. The fourth-order valence-electron chi connectivity index (χ4n) is 2.98. The predicted octanol–water partition coefficient (Wildman–Crippen LogP) is 2.57. The van der Waals surface area contributed by atoms with Crippen molar-refractivity contribution in [3.05, 3.63) is 34.4 Å². The van der Waals surface area contributed by atoms with Crippen LogP contribution in [0.25, 0.3) is 0 Å². The van der Waals surface area contributed by atoms with Crippen molar-refractivity contribution in [1.29, 1.82) is 0 Å². The third-order valence-electron chi connectivity index (χ3n) is 3.89. The number of anilines is 1. The number of ether oxygens (including phenoxy) is 1. The summed E-state index contributed by atoms with van der Waals surface area (Å²) in [4.78, 5) is 10.5. The summed E-state index contributed by atoms with van der Waals surface area (Å²) in [5.74, 6) is 0.489. The summed E-state index contributed by atoms with van der Waals surface area (Å²) in [5.41, 5.74) is 0.742. The first-order valence-corrected chi connectivity index (χ1v) is 6.37. The molecular weight excluding hydrogens is 232 g/mol. The molecule has 0 saturated carbocycles. The summed E-state index contributed by atoms with van der Waals surface area (Å²) in [6.07, 6.45) is 4.16. The number of fused-ring (bicyclic) bond motifs is 2. The van der Waals surface area contributed by atoms with Crippen LogP contribution in [0.3, 0.4) is 0 Å². The zero-order valence-corrected chi connectivity index (χ0v) is 10.0. The number of hydrogen-bond acceptors (Lipinski definition) is 4. The first-order chi connectivity index (χ1) is 8.74. The van der Waals surface area contributed by atoms with Gasteiger partial charge in [-0.25, -0.2) is 0 Å². The minimum atomic E-state index is -0.348. The lowest BCUT2D eigenvalue weighted by atomic mass is 9.89. The van der Waals surface area contributed by atoms with E-state index in [4.69, 9.17) is 4.74 Å². The Bertz CT molecular complexity index is 463. The average Bonchev–Trinajstić information content (AvgIpc) is 2.98. The Hall–Kier alpha value is -1.62. The first-order valence-electron chi connectivity index (χ1n) is 6.37. The van der Waals surface area contributed by atoms with Gasteiger partial charge in [-0.15, -0.1) is 0 Å². The first kappa shape index (κ1) is 11.5. The largest absolute Gasteiger partial charge is 0.379 e. The van der Waals surface area contributed by atoms with E-state index >= 15 is 0 Å². The maximum Gasteiger partial charge on any atom is 0.292 e. The highest BCUT2D eigenvalue weighted by Crippen LogP contribution is 2.39. The van der Waals surface area contributed by atoms with Gasteiger partial charge in [-0.05, 0) is 25.3 Å². The van der Waals surface area contributed by atoms with Crippen molar-refractivity contribution in [2.45, 2.75) is 31.5 Å². The summed E-state index contributed by atoms with van der Waals surface area (Å²) in [6.45, 7) is 0.756. The number of hydrogen-bond donors (Lipinski definition) is 1. The minimum Gasteiger partial charge on any atom is -0.379 e. The summed E-state index contributed by atoms with van der Waals surface area (Å²) in [6, 6.07) is 6.78. The number of nitro benzene ring substituents is 1. The van der Waals surface area contributed by atoms with Crippen LogP contribution in [0.15, 0.2) is 24.3 Å². The van der Waals surface area contributed by atoms with E-state index in [1.54, 1.807) is 12.1 Å². The van der Waals surface area contributed by atoms with Crippen molar-refractivity contribution in [3.63, 3.8) is 0 Å². The lowest BCUT2D eigenvalue weighted by Crippen LogP contribution is -2.24. The highest BCUT2D eigenvalue weighted by molar-refractivity contribution is 5.61. The van der Waals surface area contributed by atoms with Crippen LogP contribution in [0.2, 0.25) is 0 Å². The van der Waals surface area contributed by atoms with Gasteiger partial charge in [0.1, 0.15) is 5.69 Å². The fourth-order valence-corrected chi connectivity index (χ4v) is 2.98. The molecule has 2 aliphatic heterocycles. The van der Waals surface area contributed by atoms with Crippen LogP contribution in [0, 0.1) is 16.0 Å². The van der Waals surface area contributed by atoms with Gasteiger partial charge in [-0.1, -0.05) is 12.1 Å². The van der Waals surface area contributed by atoms with Gasteiger partial charge in [-0.3, -0.25) is 10.1 Å². The molecule has 96 valence electrons. The van der Waals surface area contributed by atoms with Gasteiger partial charge >= 0.3 is 0 Å². The molecule has 5 heteroatoms. The Balaban J connectivity index is 1.65. The Morgan fingerprint density at radius 1 is 1.39 bits per heavy atom. The van der Waals surface area contributed by atoms with Gasteiger partial charge in [0.15, 0.2) is 0 Å². The van der Waals surface area contributed by atoms with Gasteiger partial charge in [0, 0.05) is 18.5 Å². The van der Waals surface area contributed by atoms with E-state index < -0.39 is 0 Å². The second-order valence-electron chi connectivity index (χ2n) is 5.02. The van der Waals surface area contributed by atoms with Crippen molar-refractivity contribution < 1.29 is 9.66 Å². The van der Waals surface area contributed by atoms with E-state index in [1.165, 1.54) is 12.5 Å². The molecule has 2 heterocycles. The smallest absolute Gasteiger partial charge is 0.292 e. The Kier molecular flexibility index (Phi) is 2.91. The molecule has 2 saturated heterocycles. The maximum atomic E-state index is 10.9. The second-order valence-corrected chi connectivity index (χ2v) is 5.02. The molecule has 2 fully saturated rings. The van der Waals surface area contributed by atoms with Crippen molar-refractivity contribution >= 4 is 11.4 Å². The number of nitro groups is 1. The highest BCUT2D eigenvalue weighted by atomic mass is 16.6. The van der Waals surface area contributed by atoms with Gasteiger partial charge in [0.25, 0.3) is 5.69 Å². The monoisotopic (exact) mass is 248 g/mol. The Labute approximate surface area is 105 Å². The van der Waals surface area contributed by atoms with Crippen molar-refractivity contribution in [3.8, 4) is 0 Å². The Morgan fingerprint density at radius 2 is 2.22 bits per heavy atom. The molecule has 3 unspecified atom stereocenters. The molecule has 1 aromatic carbocycles. The number of benzene rings is 1. The van der Waals surface area contributed by atoms with E-state index in [1.807, 2.05) is 6.07 Å². The predicted molar refractivity (Wildman–Crippen MR) is 67.6 cm³/mol. The molecule has 2 bridgehead atoms. The molecule has 0 radical (unpaired) electrons. The molecular formula is C13H16N2O3. The molecule has 1 aromatic rings. The maximum absolute atomic E-state index is 10.9. The fraction of sp³-hybridized carbons (Fsp3) is 0.538. The highest BCUT2D eigenvalue weighted by Gasteiger charge is 2.40. The molecule has 0 amide bonds. The number of para-hydroxylation sites is 2. The SMILES string of the molecule is O=[N+]([O-])c1ccccc1NCC1CC2CCC1O2. The molecule has 5 nitrogen and oxygen atoms in total. The van der Waals surface area contributed by atoms with Crippen molar-refractivity contribution in [2.75, 3.05) is 11.9 Å². The molecule has 3 rings (SSSR count). The molecule has 0 spiro atoms. The van der Waals surface area contributed by atoms with Crippen LogP contribution >= 0.6 is 0 Å². The van der Waals surface area contributed by atoms with Gasteiger partial charge in [0.05, 0.1) is 17.1 Å². The van der Waals surface area contributed by atoms with E-state index in [9.17, 15) is 10.1 Å². The van der Waals surface area contributed by atoms with Crippen LogP contribution in [0.5, 0.6) is 0 Å². The van der Waals surface area contributed by atoms with Gasteiger partial charge in [0.2, 0.25) is 0 Å². The standard InChI is InChI=1S/C13H16N2O3/c16-15(17)12-4-2-1-3-11(12)14-8-9-7-10-5-6-13(9)18-10/h1-4,9-10,13-14H,5-8H2. The molecule has 3 atom stereocenters.